The van der Waals surface area contributed by atoms with E-state index in [4.69, 9.17) is 4.74 Å². The van der Waals surface area contributed by atoms with Crippen LogP contribution >= 0.6 is 0 Å². The van der Waals surface area contributed by atoms with Crippen LogP contribution in [0.25, 0.3) is 24.3 Å². The summed E-state index contributed by atoms with van der Waals surface area (Å²) in [5, 5.41) is 0. The molecule has 0 bridgehead atoms. The van der Waals surface area contributed by atoms with Gasteiger partial charge in [-0.15, -0.1) is 0 Å². The first-order valence-corrected chi connectivity index (χ1v) is 18.5. The van der Waals surface area contributed by atoms with Gasteiger partial charge in [-0.1, -0.05) is 146 Å². The molecule has 0 aliphatic rings. The molecule has 0 heterocycles. The molecule has 55 heavy (non-hydrogen) atoms. The number of ether oxygens (including phenoxy) is 1. The molecule has 0 N–H and O–H groups in total. The predicted molar refractivity (Wildman–Crippen MR) is 233 cm³/mol. The Labute approximate surface area is 324 Å². The Morgan fingerprint density at radius 3 is 0.709 bits per heavy atom. The van der Waals surface area contributed by atoms with Gasteiger partial charge in [0.05, 0.1) is 0 Å². The number of anilines is 6. The number of benzene rings is 8. The molecule has 0 saturated carbocycles. The molecule has 0 atom stereocenters. The van der Waals surface area contributed by atoms with E-state index < -0.39 is 0 Å². The second kappa shape index (κ2) is 17.0. The molecule has 0 aromatic heterocycles. The van der Waals surface area contributed by atoms with Crippen LogP contribution in [-0.4, -0.2) is 0 Å². The van der Waals surface area contributed by atoms with Gasteiger partial charge in [0.15, 0.2) is 0 Å². The molecule has 3 heteroatoms. The largest absolute Gasteiger partial charge is 0.457 e. The summed E-state index contributed by atoms with van der Waals surface area (Å²) in [5.41, 5.74) is 11.2. The maximum Gasteiger partial charge on any atom is 0.127 e. The molecule has 0 spiro atoms. The van der Waals surface area contributed by atoms with Crippen LogP contribution < -0.4 is 14.5 Å². The lowest BCUT2D eigenvalue weighted by molar-refractivity contribution is 0.482. The van der Waals surface area contributed by atoms with E-state index in [9.17, 15) is 0 Å². The quantitative estimate of drug-likeness (QED) is 0.118. The van der Waals surface area contributed by atoms with Crippen LogP contribution in [0.1, 0.15) is 22.3 Å². The Bertz CT molecular complexity index is 2190. The van der Waals surface area contributed by atoms with Crippen molar-refractivity contribution >= 4 is 58.4 Å². The van der Waals surface area contributed by atoms with Gasteiger partial charge in [0, 0.05) is 34.1 Å². The van der Waals surface area contributed by atoms with Crippen molar-refractivity contribution in [1.82, 2.24) is 0 Å². The number of hydrogen-bond acceptors (Lipinski definition) is 3. The molecule has 8 aromatic carbocycles. The fraction of sp³-hybridized carbons (Fsp3) is 0. The minimum absolute atomic E-state index is 0.798. The van der Waals surface area contributed by atoms with Crippen molar-refractivity contribution in [2.45, 2.75) is 0 Å². The Kier molecular flexibility index (Phi) is 10.7. The molecule has 0 amide bonds. The number of hydrogen-bond donors (Lipinski definition) is 0. The third-order valence-electron chi connectivity index (χ3n) is 9.29. The summed E-state index contributed by atoms with van der Waals surface area (Å²) in [6.07, 6.45) is 8.53. The Morgan fingerprint density at radius 2 is 0.455 bits per heavy atom. The number of rotatable bonds is 12. The summed E-state index contributed by atoms with van der Waals surface area (Å²) in [6.45, 7) is 0. The second-order valence-corrected chi connectivity index (χ2v) is 13.1. The summed E-state index contributed by atoms with van der Waals surface area (Å²) in [6, 6.07) is 75.5. The fourth-order valence-corrected chi connectivity index (χ4v) is 6.49. The van der Waals surface area contributed by atoms with Gasteiger partial charge >= 0.3 is 0 Å². The molecular formula is C52H40N2O. The van der Waals surface area contributed by atoms with Crippen molar-refractivity contribution < 1.29 is 4.74 Å². The normalized spacial score (nSPS) is 11.1. The molecule has 0 saturated heterocycles. The predicted octanol–water partition coefficient (Wildman–Crippen LogP) is 14.8. The fourth-order valence-electron chi connectivity index (χ4n) is 6.49. The summed E-state index contributed by atoms with van der Waals surface area (Å²) in [4.78, 5) is 4.53. The molecular weight excluding hydrogens is 669 g/mol. The van der Waals surface area contributed by atoms with Crippen molar-refractivity contribution in [3.8, 4) is 11.5 Å². The molecule has 264 valence electrons. The van der Waals surface area contributed by atoms with Crippen LogP contribution in [-0.2, 0) is 0 Å². The zero-order chi connectivity index (χ0) is 37.1. The Hall–Kier alpha value is -7.36. The number of para-hydroxylation sites is 4. The van der Waals surface area contributed by atoms with Crippen LogP contribution in [0.4, 0.5) is 34.1 Å². The molecule has 0 aliphatic carbocycles. The summed E-state index contributed by atoms with van der Waals surface area (Å²) in [7, 11) is 0. The molecule has 8 rings (SSSR count). The number of nitrogens with zero attached hydrogens (tertiary/aromatic N) is 2. The first-order valence-electron chi connectivity index (χ1n) is 18.5. The minimum Gasteiger partial charge on any atom is -0.457 e. The van der Waals surface area contributed by atoms with Gasteiger partial charge in [0.1, 0.15) is 11.5 Å². The van der Waals surface area contributed by atoms with E-state index in [1.165, 1.54) is 0 Å². The van der Waals surface area contributed by atoms with E-state index in [0.717, 1.165) is 67.9 Å². The first kappa shape index (κ1) is 34.7. The van der Waals surface area contributed by atoms with Crippen LogP contribution in [0.2, 0.25) is 0 Å². The SMILES string of the molecule is C(=Cc1ccc(N(c2ccccc2)c2ccccc2)cc1)c1ccc(Oc2ccc(C=Cc3ccc(N(c4ccccc4)c4ccccc4)cc3)cc2)cc1. The van der Waals surface area contributed by atoms with Crippen LogP contribution in [0.15, 0.2) is 218 Å². The molecule has 0 unspecified atom stereocenters. The lowest BCUT2D eigenvalue weighted by Crippen LogP contribution is -2.09. The van der Waals surface area contributed by atoms with Crippen molar-refractivity contribution in [3.05, 3.63) is 241 Å². The van der Waals surface area contributed by atoms with Gasteiger partial charge in [-0.2, -0.15) is 0 Å². The van der Waals surface area contributed by atoms with Gasteiger partial charge in [-0.3, -0.25) is 0 Å². The van der Waals surface area contributed by atoms with Crippen molar-refractivity contribution in [1.29, 1.82) is 0 Å². The monoisotopic (exact) mass is 708 g/mol. The van der Waals surface area contributed by atoms with E-state index in [2.05, 4.69) is 204 Å². The topological polar surface area (TPSA) is 15.7 Å². The smallest absolute Gasteiger partial charge is 0.127 e. The lowest BCUT2D eigenvalue weighted by Gasteiger charge is -2.25. The maximum absolute atomic E-state index is 6.17. The maximum atomic E-state index is 6.17. The zero-order valence-electron chi connectivity index (χ0n) is 30.4. The minimum atomic E-state index is 0.798. The van der Waals surface area contributed by atoms with Gasteiger partial charge in [0.25, 0.3) is 0 Å². The van der Waals surface area contributed by atoms with E-state index in [1.54, 1.807) is 0 Å². The van der Waals surface area contributed by atoms with Crippen molar-refractivity contribution in [2.75, 3.05) is 9.80 Å². The Balaban J connectivity index is 0.873. The lowest BCUT2D eigenvalue weighted by atomic mass is 10.1. The highest BCUT2D eigenvalue weighted by Crippen LogP contribution is 2.36. The van der Waals surface area contributed by atoms with Gasteiger partial charge in [-0.05, 0) is 119 Å². The highest BCUT2D eigenvalue weighted by atomic mass is 16.5. The molecule has 0 fully saturated rings. The highest BCUT2D eigenvalue weighted by molar-refractivity contribution is 5.79. The van der Waals surface area contributed by atoms with E-state index in [1.807, 2.05) is 48.5 Å². The summed E-state index contributed by atoms with van der Waals surface area (Å²) < 4.78 is 6.17. The Morgan fingerprint density at radius 1 is 0.236 bits per heavy atom. The zero-order valence-corrected chi connectivity index (χ0v) is 30.4. The van der Waals surface area contributed by atoms with E-state index in [0.29, 0.717) is 0 Å². The average molecular weight is 709 g/mol. The molecule has 3 nitrogen and oxygen atoms in total. The summed E-state index contributed by atoms with van der Waals surface area (Å²) in [5.74, 6) is 1.60. The van der Waals surface area contributed by atoms with E-state index in [-0.39, 0.29) is 0 Å². The van der Waals surface area contributed by atoms with Crippen LogP contribution in [0.3, 0.4) is 0 Å². The van der Waals surface area contributed by atoms with Crippen LogP contribution in [0, 0.1) is 0 Å². The molecule has 0 radical (unpaired) electrons. The van der Waals surface area contributed by atoms with Gasteiger partial charge in [0.2, 0.25) is 0 Å². The second-order valence-electron chi connectivity index (χ2n) is 13.1. The average Bonchev–Trinajstić information content (AvgIpc) is 3.26. The standard InChI is InChI=1S/C52H40N2O/c1-5-13-45(14-6-1)53(46-15-7-2-8-16-46)49-33-25-41(26-34-49)21-23-43-29-37-51(38-30-43)55-52-39-31-44(32-40-52)24-22-42-27-35-50(36-28-42)54(47-17-9-3-10-18-47)48-19-11-4-12-20-48/h1-40H. The first-order chi connectivity index (χ1) is 27.2. The van der Waals surface area contributed by atoms with Gasteiger partial charge in [-0.25, -0.2) is 0 Å². The highest BCUT2D eigenvalue weighted by Gasteiger charge is 2.12. The van der Waals surface area contributed by atoms with E-state index >= 15 is 0 Å². The molecule has 8 aromatic rings. The van der Waals surface area contributed by atoms with Crippen LogP contribution in [0.5, 0.6) is 11.5 Å². The van der Waals surface area contributed by atoms with Crippen molar-refractivity contribution in [2.24, 2.45) is 0 Å². The third-order valence-corrected chi connectivity index (χ3v) is 9.29. The molecule has 0 aliphatic heterocycles. The third kappa shape index (κ3) is 8.82. The summed E-state index contributed by atoms with van der Waals surface area (Å²) >= 11 is 0. The van der Waals surface area contributed by atoms with Crippen molar-refractivity contribution in [3.63, 3.8) is 0 Å². The van der Waals surface area contributed by atoms with Gasteiger partial charge < -0.3 is 14.5 Å².